The van der Waals surface area contributed by atoms with Gasteiger partial charge in [0.25, 0.3) is 11.6 Å². The van der Waals surface area contributed by atoms with E-state index in [9.17, 15) is 14.9 Å². The number of hydrogen-bond acceptors (Lipinski definition) is 4. The van der Waals surface area contributed by atoms with Crippen molar-refractivity contribution in [1.29, 1.82) is 0 Å². The number of aryl methyl sites for hydroxylation is 1. The first-order chi connectivity index (χ1) is 10.0. The minimum atomic E-state index is -0.483. The lowest BCUT2D eigenvalue weighted by molar-refractivity contribution is -0.385. The molecule has 1 aromatic rings. The maximum atomic E-state index is 12.7. The molecule has 0 aromatic heterocycles. The number of carbonyl (C=O) groups is 1. The van der Waals surface area contributed by atoms with Gasteiger partial charge in [0.15, 0.2) is 0 Å². The summed E-state index contributed by atoms with van der Waals surface area (Å²) in [6.07, 6.45) is 2.81. The van der Waals surface area contributed by atoms with E-state index in [0.717, 1.165) is 32.4 Å². The van der Waals surface area contributed by atoms with Crippen LogP contribution in [-0.2, 0) is 0 Å². The van der Waals surface area contributed by atoms with Crippen molar-refractivity contribution in [3.63, 3.8) is 0 Å². The van der Waals surface area contributed by atoms with Crippen molar-refractivity contribution in [1.82, 2.24) is 10.2 Å². The summed E-state index contributed by atoms with van der Waals surface area (Å²) < 4.78 is 0. The highest BCUT2D eigenvalue weighted by molar-refractivity contribution is 5.99. The minimum absolute atomic E-state index is 0.112. The van der Waals surface area contributed by atoms with Crippen molar-refractivity contribution < 1.29 is 9.72 Å². The molecule has 6 heteroatoms. The molecule has 1 fully saturated rings. The van der Waals surface area contributed by atoms with Gasteiger partial charge in [-0.3, -0.25) is 14.9 Å². The molecule has 1 atom stereocenters. The summed E-state index contributed by atoms with van der Waals surface area (Å²) in [5, 5.41) is 14.5. The molecule has 1 heterocycles. The molecule has 0 spiro atoms. The van der Waals surface area contributed by atoms with Crippen LogP contribution in [0, 0.1) is 17.0 Å². The lowest BCUT2D eigenvalue weighted by Crippen LogP contribution is -2.38. The van der Waals surface area contributed by atoms with E-state index in [1.54, 1.807) is 31.0 Å². The molecule has 21 heavy (non-hydrogen) atoms. The van der Waals surface area contributed by atoms with Crippen LogP contribution < -0.4 is 5.32 Å². The first kappa shape index (κ1) is 15.4. The Bertz CT molecular complexity index is 537. The summed E-state index contributed by atoms with van der Waals surface area (Å²) >= 11 is 0. The Balaban J connectivity index is 2.28. The van der Waals surface area contributed by atoms with Gasteiger partial charge in [-0.25, -0.2) is 0 Å². The largest absolute Gasteiger partial charge is 0.338 e. The van der Waals surface area contributed by atoms with Gasteiger partial charge in [-0.2, -0.15) is 0 Å². The highest BCUT2D eigenvalue weighted by atomic mass is 16.6. The molecule has 0 bridgehead atoms. The Morgan fingerprint density at radius 1 is 1.38 bits per heavy atom. The number of nitro benzene ring substituents is 1. The van der Waals surface area contributed by atoms with E-state index in [0.29, 0.717) is 5.56 Å². The average Bonchev–Trinajstić information content (AvgIpc) is 2.74. The van der Waals surface area contributed by atoms with E-state index >= 15 is 0 Å². The lowest BCUT2D eigenvalue weighted by Gasteiger charge is -2.27. The molecule has 0 aliphatic carbocycles. The zero-order valence-electron chi connectivity index (χ0n) is 12.5. The Morgan fingerprint density at radius 3 is 2.86 bits per heavy atom. The van der Waals surface area contributed by atoms with E-state index in [-0.39, 0.29) is 23.2 Å². The fraction of sp³-hybridized carbons (Fsp3) is 0.533. The number of amides is 1. The highest BCUT2D eigenvalue weighted by Gasteiger charge is 2.28. The van der Waals surface area contributed by atoms with Gasteiger partial charge < -0.3 is 10.2 Å². The Labute approximate surface area is 124 Å². The quantitative estimate of drug-likeness (QED) is 0.683. The predicted octanol–water partition coefficient (Wildman–Crippen LogP) is 2.12. The van der Waals surface area contributed by atoms with Crippen LogP contribution in [0.25, 0.3) is 0 Å². The van der Waals surface area contributed by atoms with Crippen LogP contribution in [0.4, 0.5) is 5.69 Å². The van der Waals surface area contributed by atoms with Gasteiger partial charge in [-0.15, -0.1) is 0 Å². The van der Waals surface area contributed by atoms with Crippen LogP contribution in [0.3, 0.4) is 0 Å². The summed E-state index contributed by atoms with van der Waals surface area (Å²) in [5.41, 5.74) is 0.744. The van der Waals surface area contributed by atoms with Crippen molar-refractivity contribution in [2.75, 3.05) is 20.1 Å². The molecule has 1 unspecified atom stereocenters. The molecule has 1 saturated heterocycles. The third-order valence-corrected chi connectivity index (χ3v) is 4.07. The van der Waals surface area contributed by atoms with Crippen LogP contribution in [0.2, 0.25) is 0 Å². The van der Waals surface area contributed by atoms with Crippen molar-refractivity contribution >= 4 is 11.6 Å². The monoisotopic (exact) mass is 291 g/mol. The number of benzene rings is 1. The summed E-state index contributed by atoms with van der Waals surface area (Å²) in [5.74, 6) is -0.258. The number of nitro groups is 1. The van der Waals surface area contributed by atoms with Gasteiger partial charge in [0, 0.05) is 19.2 Å². The zero-order chi connectivity index (χ0) is 15.4. The van der Waals surface area contributed by atoms with E-state index in [4.69, 9.17) is 0 Å². The molecular weight excluding hydrogens is 270 g/mol. The standard InChI is InChI=1S/C15H21N3O3/c1-11-5-3-7-13(18(20)21)14(11)15(19)17(2)12-6-4-9-16-10-8-12/h3,5,7,12,16H,4,6,8-10H2,1-2H3. The second kappa shape index (κ2) is 6.67. The van der Waals surface area contributed by atoms with Crippen LogP contribution in [-0.4, -0.2) is 41.9 Å². The highest BCUT2D eigenvalue weighted by Crippen LogP contribution is 2.25. The molecule has 1 aliphatic heterocycles. The summed E-state index contributed by atoms with van der Waals surface area (Å²) in [4.78, 5) is 25.0. The number of nitrogens with zero attached hydrogens (tertiary/aromatic N) is 2. The van der Waals surface area contributed by atoms with E-state index < -0.39 is 4.92 Å². The van der Waals surface area contributed by atoms with Crippen molar-refractivity contribution in [2.24, 2.45) is 0 Å². The first-order valence-electron chi connectivity index (χ1n) is 7.24. The van der Waals surface area contributed by atoms with Gasteiger partial charge in [0.05, 0.1) is 4.92 Å². The van der Waals surface area contributed by atoms with Gasteiger partial charge >= 0.3 is 0 Å². The maximum Gasteiger partial charge on any atom is 0.282 e. The second-order valence-corrected chi connectivity index (χ2v) is 5.48. The van der Waals surface area contributed by atoms with E-state index in [1.807, 2.05) is 0 Å². The fourth-order valence-corrected chi connectivity index (χ4v) is 2.81. The van der Waals surface area contributed by atoms with Crippen molar-refractivity contribution in [3.8, 4) is 0 Å². The SMILES string of the molecule is Cc1cccc([N+](=O)[O-])c1C(=O)N(C)C1CCCNCC1. The summed E-state index contributed by atoms with van der Waals surface area (Å²) in [6, 6.07) is 4.87. The number of carbonyl (C=O) groups excluding carboxylic acids is 1. The van der Waals surface area contributed by atoms with Crippen molar-refractivity contribution in [2.45, 2.75) is 32.2 Å². The van der Waals surface area contributed by atoms with Gasteiger partial charge in [-0.1, -0.05) is 12.1 Å². The van der Waals surface area contributed by atoms with Crippen LogP contribution in [0.15, 0.2) is 18.2 Å². The normalized spacial score (nSPS) is 18.9. The van der Waals surface area contributed by atoms with Gasteiger partial charge in [0.2, 0.25) is 0 Å². The molecule has 1 aliphatic rings. The number of hydrogen-bond donors (Lipinski definition) is 1. The third-order valence-electron chi connectivity index (χ3n) is 4.07. The Kier molecular flexibility index (Phi) is 4.90. The Morgan fingerprint density at radius 2 is 2.14 bits per heavy atom. The zero-order valence-corrected chi connectivity index (χ0v) is 12.5. The van der Waals surface area contributed by atoms with E-state index in [2.05, 4.69) is 5.32 Å². The second-order valence-electron chi connectivity index (χ2n) is 5.48. The fourth-order valence-electron chi connectivity index (χ4n) is 2.81. The molecule has 0 radical (unpaired) electrons. The molecule has 0 saturated carbocycles. The summed E-state index contributed by atoms with van der Waals surface area (Å²) in [6.45, 7) is 3.57. The van der Waals surface area contributed by atoms with Gasteiger partial charge in [0.1, 0.15) is 5.56 Å². The lowest BCUT2D eigenvalue weighted by atomic mass is 10.0. The Hall–Kier alpha value is -1.95. The molecular formula is C15H21N3O3. The molecule has 114 valence electrons. The number of rotatable bonds is 3. The van der Waals surface area contributed by atoms with Crippen LogP contribution in [0.5, 0.6) is 0 Å². The molecule has 1 aromatic carbocycles. The smallest absolute Gasteiger partial charge is 0.282 e. The van der Waals surface area contributed by atoms with Crippen LogP contribution >= 0.6 is 0 Å². The average molecular weight is 291 g/mol. The minimum Gasteiger partial charge on any atom is -0.338 e. The van der Waals surface area contributed by atoms with Crippen molar-refractivity contribution in [3.05, 3.63) is 39.4 Å². The maximum absolute atomic E-state index is 12.7. The van der Waals surface area contributed by atoms with Crippen LogP contribution in [0.1, 0.15) is 35.2 Å². The topological polar surface area (TPSA) is 75.5 Å². The first-order valence-corrected chi connectivity index (χ1v) is 7.24. The molecule has 6 nitrogen and oxygen atoms in total. The predicted molar refractivity (Wildman–Crippen MR) is 80.4 cm³/mol. The van der Waals surface area contributed by atoms with Gasteiger partial charge in [-0.05, 0) is 44.8 Å². The number of nitrogens with one attached hydrogen (secondary N) is 1. The molecule has 1 N–H and O–H groups in total. The summed E-state index contributed by atoms with van der Waals surface area (Å²) in [7, 11) is 1.74. The molecule has 2 rings (SSSR count). The molecule has 1 amide bonds. The third kappa shape index (κ3) is 3.39. The van der Waals surface area contributed by atoms with E-state index in [1.165, 1.54) is 6.07 Å².